The average molecular weight is 515 g/mol. The van der Waals surface area contributed by atoms with Crippen LogP contribution in [0.25, 0.3) is 22.3 Å². The molecule has 1 aromatic carbocycles. The van der Waals surface area contributed by atoms with Crippen LogP contribution >= 0.6 is 0 Å². The predicted octanol–water partition coefficient (Wildman–Crippen LogP) is 3.23. The molecule has 1 aliphatic heterocycles. The van der Waals surface area contributed by atoms with Crippen molar-refractivity contribution in [3.63, 3.8) is 0 Å². The maximum atomic E-state index is 15.0. The third-order valence-electron chi connectivity index (χ3n) is 6.04. The van der Waals surface area contributed by atoms with Crippen LogP contribution in [0.1, 0.15) is 36.0 Å². The number of nitriles is 1. The van der Waals surface area contributed by atoms with Crippen molar-refractivity contribution >= 4 is 17.2 Å². The molecular formula is C24H21F4N7O2. The lowest BCUT2D eigenvalue weighted by molar-refractivity contribution is -0.147. The van der Waals surface area contributed by atoms with Gasteiger partial charge in [-0.3, -0.25) is 14.4 Å². The number of fused-ring (bicyclic) bond motifs is 1. The van der Waals surface area contributed by atoms with E-state index in [0.717, 1.165) is 13.1 Å². The maximum absolute atomic E-state index is 15.0. The second-order valence-electron chi connectivity index (χ2n) is 8.37. The van der Waals surface area contributed by atoms with Crippen LogP contribution in [0.3, 0.4) is 0 Å². The van der Waals surface area contributed by atoms with Gasteiger partial charge in [-0.05, 0) is 31.0 Å². The van der Waals surface area contributed by atoms with Gasteiger partial charge in [-0.1, -0.05) is 0 Å². The molecule has 1 saturated heterocycles. The molecule has 1 aliphatic rings. The molecule has 1 fully saturated rings. The van der Waals surface area contributed by atoms with Crippen LogP contribution < -0.4 is 11.3 Å². The minimum Gasteiger partial charge on any atom is -0.404 e. The van der Waals surface area contributed by atoms with E-state index in [1.807, 2.05) is 0 Å². The molecule has 0 aliphatic carbocycles. The largest absolute Gasteiger partial charge is 0.449 e. The Hall–Kier alpha value is -4.18. The zero-order valence-electron chi connectivity index (χ0n) is 19.8. The first-order valence-corrected chi connectivity index (χ1v) is 11.1. The first kappa shape index (κ1) is 25.9. The van der Waals surface area contributed by atoms with Gasteiger partial charge in [0.25, 0.3) is 5.56 Å². The molecule has 192 valence electrons. The van der Waals surface area contributed by atoms with Gasteiger partial charge in [0, 0.05) is 50.2 Å². The first-order chi connectivity index (χ1) is 17.6. The van der Waals surface area contributed by atoms with Crippen molar-refractivity contribution in [3.05, 3.63) is 63.4 Å². The fraction of sp³-hybridized carbons (Fsp3) is 0.333. The summed E-state index contributed by atoms with van der Waals surface area (Å²) in [7, 11) is 2.51. The molecule has 3 aromatic rings. The van der Waals surface area contributed by atoms with E-state index >= 15 is 4.39 Å². The summed E-state index contributed by atoms with van der Waals surface area (Å²) in [5.41, 5.74) is 3.89. The fourth-order valence-electron chi connectivity index (χ4n) is 4.21. The molecule has 4 rings (SSSR count). The Morgan fingerprint density at radius 3 is 2.68 bits per heavy atom. The van der Waals surface area contributed by atoms with Crippen LogP contribution in [0, 0.1) is 17.1 Å². The number of benzene rings is 1. The molecule has 3 heterocycles. The Morgan fingerprint density at radius 2 is 2.05 bits per heavy atom. The van der Waals surface area contributed by atoms with Gasteiger partial charge in [-0.25, -0.2) is 19.3 Å². The number of ether oxygens (including phenoxy) is 1. The van der Waals surface area contributed by atoms with E-state index in [1.165, 1.54) is 18.3 Å². The average Bonchev–Trinajstić information content (AvgIpc) is 2.88. The number of aromatic nitrogens is 4. The zero-order chi connectivity index (χ0) is 26.9. The topological polar surface area (TPSA) is 132 Å². The lowest BCUT2D eigenvalue weighted by atomic mass is 9.91. The summed E-state index contributed by atoms with van der Waals surface area (Å²) < 4.78 is 62.1. The molecule has 0 spiro atoms. The van der Waals surface area contributed by atoms with Gasteiger partial charge in [0.2, 0.25) is 5.82 Å². The highest BCUT2D eigenvalue weighted by Gasteiger charge is 2.38. The molecule has 0 radical (unpaired) electrons. The third kappa shape index (κ3) is 4.92. The second-order valence-corrected chi connectivity index (χ2v) is 8.37. The molecule has 9 nitrogen and oxygen atoms in total. The van der Waals surface area contributed by atoms with Crippen LogP contribution in [0.2, 0.25) is 0 Å². The van der Waals surface area contributed by atoms with Gasteiger partial charge >= 0.3 is 6.18 Å². The minimum atomic E-state index is -4.96. The Balaban J connectivity index is 1.97. The standard InChI is InChI=1S/C24H21F4N7O2/c1-31-11-14(10-30)17-8-13(5-6-37-17)21-32-18(15-4-3-12(9-29)7-16(15)25)19-20(33-21)22(36)35(2)23(34-19)24(26,27)28/h3-4,7,10-11,13,17H,5-6,8,30H2,1-2H3/b14-10+,31-11?/t13?,17-/m1/s1. The molecule has 2 atom stereocenters. The normalized spacial score (nSPS) is 18.9. The number of nitrogens with zero attached hydrogens (tertiary/aromatic N) is 6. The SMILES string of the molecule is CN=C/C(=C\N)[C@H]1CC(c2nc(-c3ccc(C#N)cc3F)c3nc(C(F)(F)F)n(C)c(=O)c3n2)CCO1. The van der Waals surface area contributed by atoms with Gasteiger partial charge < -0.3 is 10.5 Å². The summed E-state index contributed by atoms with van der Waals surface area (Å²) in [5.74, 6) is -2.64. The summed E-state index contributed by atoms with van der Waals surface area (Å²) in [6.45, 7) is 0.287. The monoisotopic (exact) mass is 515 g/mol. The van der Waals surface area contributed by atoms with Crippen molar-refractivity contribution < 1.29 is 22.3 Å². The Morgan fingerprint density at radius 1 is 1.30 bits per heavy atom. The summed E-state index contributed by atoms with van der Waals surface area (Å²) in [4.78, 5) is 29.4. The zero-order valence-corrected chi connectivity index (χ0v) is 19.8. The van der Waals surface area contributed by atoms with E-state index in [1.54, 1.807) is 19.3 Å². The van der Waals surface area contributed by atoms with Gasteiger partial charge in [0.15, 0.2) is 5.52 Å². The van der Waals surface area contributed by atoms with E-state index in [2.05, 4.69) is 19.9 Å². The van der Waals surface area contributed by atoms with E-state index in [-0.39, 0.29) is 34.8 Å². The van der Waals surface area contributed by atoms with Crippen LogP contribution in [0.4, 0.5) is 17.6 Å². The number of halogens is 4. The van der Waals surface area contributed by atoms with Crippen LogP contribution in [-0.4, -0.2) is 45.5 Å². The van der Waals surface area contributed by atoms with Gasteiger partial charge in [0.1, 0.15) is 22.9 Å². The van der Waals surface area contributed by atoms with Crippen LogP contribution in [-0.2, 0) is 18.0 Å². The number of nitrogens with two attached hydrogens (primary N) is 1. The Kier molecular flexibility index (Phi) is 7.04. The summed E-state index contributed by atoms with van der Waals surface area (Å²) in [6.07, 6.45) is -1.74. The van der Waals surface area contributed by atoms with E-state index in [0.29, 0.717) is 23.0 Å². The van der Waals surface area contributed by atoms with Crippen molar-refractivity contribution in [2.75, 3.05) is 13.7 Å². The number of aliphatic imine (C=N–C) groups is 1. The summed E-state index contributed by atoms with van der Waals surface area (Å²) in [6, 6.07) is 5.24. The molecular weight excluding hydrogens is 494 g/mol. The number of hydrogen-bond acceptors (Lipinski definition) is 8. The van der Waals surface area contributed by atoms with E-state index in [4.69, 9.17) is 15.7 Å². The molecule has 0 bridgehead atoms. The van der Waals surface area contributed by atoms with Gasteiger partial charge in [0.05, 0.1) is 17.7 Å². The minimum absolute atomic E-state index is 0.00523. The first-order valence-electron chi connectivity index (χ1n) is 11.1. The van der Waals surface area contributed by atoms with Gasteiger partial charge in [-0.2, -0.15) is 18.4 Å². The molecule has 13 heteroatoms. The lowest BCUT2D eigenvalue weighted by Gasteiger charge is -2.29. The molecule has 0 saturated carbocycles. The quantitative estimate of drug-likeness (QED) is 0.417. The highest BCUT2D eigenvalue weighted by atomic mass is 19.4. The van der Waals surface area contributed by atoms with E-state index < -0.39 is 40.9 Å². The van der Waals surface area contributed by atoms with Crippen molar-refractivity contribution in [2.45, 2.75) is 31.0 Å². The third-order valence-corrected chi connectivity index (χ3v) is 6.04. The highest BCUT2D eigenvalue weighted by molar-refractivity contribution is 5.89. The summed E-state index contributed by atoms with van der Waals surface area (Å²) in [5, 5.41) is 9.07. The van der Waals surface area contributed by atoms with Crippen molar-refractivity contribution in [3.8, 4) is 17.3 Å². The second kappa shape index (κ2) is 10.1. The number of rotatable bonds is 4. The fourth-order valence-corrected chi connectivity index (χ4v) is 4.21. The lowest BCUT2D eigenvalue weighted by Crippen LogP contribution is -2.30. The Bertz CT molecular complexity index is 1520. The highest BCUT2D eigenvalue weighted by Crippen LogP contribution is 2.35. The molecule has 1 unspecified atom stereocenters. The van der Waals surface area contributed by atoms with Crippen LogP contribution in [0.5, 0.6) is 0 Å². The number of hydrogen-bond donors (Lipinski definition) is 1. The van der Waals surface area contributed by atoms with Crippen molar-refractivity contribution in [2.24, 2.45) is 17.8 Å². The number of alkyl halides is 3. The summed E-state index contributed by atoms with van der Waals surface area (Å²) >= 11 is 0. The van der Waals surface area contributed by atoms with Crippen LogP contribution in [0.15, 0.2) is 39.8 Å². The van der Waals surface area contributed by atoms with Crippen molar-refractivity contribution in [1.29, 1.82) is 5.26 Å². The molecule has 37 heavy (non-hydrogen) atoms. The maximum Gasteiger partial charge on any atom is 0.449 e. The van der Waals surface area contributed by atoms with Crippen molar-refractivity contribution in [1.82, 2.24) is 19.5 Å². The molecule has 2 aromatic heterocycles. The molecule has 2 N–H and O–H groups in total. The van der Waals surface area contributed by atoms with Gasteiger partial charge in [-0.15, -0.1) is 0 Å². The smallest absolute Gasteiger partial charge is 0.404 e. The van der Waals surface area contributed by atoms with E-state index in [9.17, 15) is 18.0 Å². The molecule has 0 amide bonds. The predicted molar refractivity (Wildman–Crippen MR) is 126 cm³/mol. The Labute approximate surface area is 208 Å².